The zero-order valence-corrected chi connectivity index (χ0v) is 13.6. The Morgan fingerprint density at radius 2 is 2.08 bits per heavy atom. The second-order valence-corrected chi connectivity index (χ2v) is 5.20. The third-order valence-corrected chi connectivity index (χ3v) is 3.49. The fraction of sp³-hybridized carbons (Fsp3) is 0.125. The van der Waals surface area contributed by atoms with Crippen molar-refractivity contribution in [3.05, 3.63) is 70.9 Å². The monoisotopic (exact) mass is 353 g/mol. The molecule has 132 valence electrons. The number of nitro benzene ring substituents is 1. The molecule has 3 aromatic rings. The molecule has 0 unspecified atom stereocenters. The minimum absolute atomic E-state index is 0.00886. The molecule has 0 aliphatic carbocycles. The Morgan fingerprint density at radius 3 is 2.85 bits per heavy atom. The summed E-state index contributed by atoms with van der Waals surface area (Å²) in [6, 6.07) is 9.53. The van der Waals surface area contributed by atoms with Crippen LogP contribution in [0.5, 0.6) is 0 Å². The number of hydrogen-bond acceptors (Lipinski definition) is 7. The molecule has 2 heterocycles. The van der Waals surface area contributed by atoms with Gasteiger partial charge in [0.2, 0.25) is 0 Å². The molecular formula is C16H15N7O3. The average Bonchev–Trinajstić information content (AvgIpc) is 3.20. The number of pyridine rings is 1. The number of nitro groups is 1. The van der Waals surface area contributed by atoms with E-state index in [1.54, 1.807) is 30.3 Å². The van der Waals surface area contributed by atoms with E-state index in [9.17, 15) is 14.9 Å². The number of nitrogens with one attached hydrogen (secondary N) is 2. The lowest BCUT2D eigenvalue weighted by Gasteiger charge is -2.09. The van der Waals surface area contributed by atoms with E-state index in [2.05, 4.69) is 25.7 Å². The van der Waals surface area contributed by atoms with E-state index >= 15 is 0 Å². The first kappa shape index (κ1) is 17.0. The van der Waals surface area contributed by atoms with E-state index in [4.69, 9.17) is 0 Å². The van der Waals surface area contributed by atoms with E-state index in [-0.39, 0.29) is 11.6 Å². The van der Waals surface area contributed by atoms with Crippen LogP contribution < -0.4 is 10.6 Å². The first-order valence-electron chi connectivity index (χ1n) is 7.71. The predicted molar refractivity (Wildman–Crippen MR) is 93.1 cm³/mol. The summed E-state index contributed by atoms with van der Waals surface area (Å²) in [5.41, 5.74) is 0.825. The van der Waals surface area contributed by atoms with Crippen LogP contribution in [0, 0.1) is 10.1 Å². The SMILES string of the molecule is O=C(NCCNc1ccccc1[N+](=O)[O-])c1ccnc(-n2cncn2)c1. The normalized spacial score (nSPS) is 10.3. The molecule has 10 nitrogen and oxygen atoms in total. The van der Waals surface area contributed by atoms with Crippen molar-refractivity contribution in [1.82, 2.24) is 25.1 Å². The second-order valence-electron chi connectivity index (χ2n) is 5.20. The summed E-state index contributed by atoms with van der Waals surface area (Å²) in [4.78, 5) is 30.7. The highest BCUT2D eigenvalue weighted by atomic mass is 16.6. The summed E-state index contributed by atoms with van der Waals surface area (Å²) in [5.74, 6) is 0.200. The highest BCUT2D eigenvalue weighted by Crippen LogP contribution is 2.22. The van der Waals surface area contributed by atoms with Crippen molar-refractivity contribution in [3.8, 4) is 5.82 Å². The van der Waals surface area contributed by atoms with Crippen LogP contribution in [0.25, 0.3) is 5.82 Å². The molecule has 0 spiro atoms. The van der Waals surface area contributed by atoms with Crippen LogP contribution in [0.4, 0.5) is 11.4 Å². The quantitative estimate of drug-likeness (QED) is 0.373. The number of carbonyl (C=O) groups is 1. The third kappa shape index (κ3) is 3.98. The van der Waals surface area contributed by atoms with Gasteiger partial charge >= 0.3 is 0 Å². The molecule has 0 aliphatic rings. The zero-order valence-electron chi connectivity index (χ0n) is 13.6. The smallest absolute Gasteiger partial charge is 0.292 e. The number of nitrogens with zero attached hydrogens (tertiary/aromatic N) is 5. The number of hydrogen-bond donors (Lipinski definition) is 2. The van der Waals surface area contributed by atoms with Gasteiger partial charge in [0.15, 0.2) is 5.82 Å². The number of para-hydroxylation sites is 2. The molecule has 0 atom stereocenters. The lowest BCUT2D eigenvalue weighted by molar-refractivity contribution is -0.384. The van der Waals surface area contributed by atoms with Crippen LogP contribution in [0.2, 0.25) is 0 Å². The summed E-state index contributed by atoms with van der Waals surface area (Å²) in [6.45, 7) is 0.642. The number of carbonyl (C=O) groups excluding carboxylic acids is 1. The van der Waals surface area contributed by atoms with E-state index in [0.29, 0.717) is 30.2 Å². The molecule has 0 fully saturated rings. The van der Waals surface area contributed by atoms with E-state index in [1.807, 2.05) is 0 Å². The number of amides is 1. The molecule has 0 bridgehead atoms. The highest BCUT2D eigenvalue weighted by molar-refractivity contribution is 5.94. The predicted octanol–water partition coefficient (Wildman–Crippen LogP) is 1.41. The van der Waals surface area contributed by atoms with Crippen LogP contribution in [0.15, 0.2) is 55.2 Å². The summed E-state index contributed by atoms with van der Waals surface area (Å²) in [5, 5.41) is 20.6. The number of benzene rings is 1. The Balaban J connectivity index is 1.55. The maximum atomic E-state index is 12.2. The lowest BCUT2D eigenvalue weighted by atomic mass is 10.2. The van der Waals surface area contributed by atoms with Gasteiger partial charge in [-0.2, -0.15) is 5.10 Å². The van der Waals surface area contributed by atoms with Crippen molar-refractivity contribution in [3.63, 3.8) is 0 Å². The Labute approximate surface area is 148 Å². The third-order valence-electron chi connectivity index (χ3n) is 3.49. The summed E-state index contributed by atoms with van der Waals surface area (Å²) >= 11 is 0. The molecular weight excluding hydrogens is 338 g/mol. The first-order chi connectivity index (χ1) is 12.6. The molecule has 26 heavy (non-hydrogen) atoms. The van der Waals surface area contributed by atoms with Gasteiger partial charge in [-0.1, -0.05) is 12.1 Å². The van der Waals surface area contributed by atoms with Crippen molar-refractivity contribution in [2.24, 2.45) is 0 Å². The maximum absolute atomic E-state index is 12.2. The number of aromatic nitrogens is 4. The number of anilines is 1. The van der Waals surface area contributed by atoms with Gasteiger partial charge in [-0.05, 0) is 18.2 Å². The van der Waals surface area contributed by atoms with Crippen molar-refractivity contribution in [1.29, 1.82) is 0 Å². The van der Waals surface area contributed by atoms with Gasteiger partial charge in [0.1, 0.15) is 18.3 Å². The molecule has 2 aromatic heterocycles. The van der Waals surface area contributed by atoms with Crippen molar-refractivity contribution < 1.29 is 9.72 Å². The van der Waals surface area contributed by atoms with Gasteiger partial charge < -0.3 is 10.6 Å². The molecule has 2 N–H and O–H groups in total. The van der Waals surface area contributed by atoms with Crippen LogP contribution in [0.3, 0.4) is 0 Å². The Bertz CT molecular complexity index is 912. The minimum Gasteiger partial charge on any atom is -0.378 e. The highest BCUT2D eigenvalue weighted by Gasteiger charge is 2.12. The first-order valence-corrected chi connectivity index (χ1v) is 7.71. The Morgan fingerprint density at radius 1 is 1.23 bits per heavy atom. The Hall–Kier alpha value is -3.82. The summed E-state index contributed by atoms with van der Waals surface area (Å²) < 4.78 is 1.45. The standard InChI is InChI=1S/C16H15N7O3/c24-16(12-5-6-19-15(9-12)22-11-17-10-21-22)20-8-7-18-13-3-1-2-4-14(13)23(25)26/h1-6,9-11,18H,7-8H2,(H,20,24). The van der Waals surface area contributed by atoms with E-state index < -0.39 is 4.92 Å². The van der Waals surface area contributed by atoms with Crippen molar-refractivity contribution in [2.45, 2.75) is 0 Å². The van der Waals surface area contributed by atoms with Crippen molar-refractivity contribution >= 4 is 17.3 Å². The molecule has 1 aromatic carbocycles. The molecule has 10 heteroatoms. The second kappa shape index (κ2) is 7.83. The molecule has 1 amide bonds. The zero-order chi connectivity index (χ0) is 18.4. The van der Waals surface area contributed by atoms with Gasteiger partial charge in [-0.15, -0.1) is 0 Å². The van der Waals surface area contributed by atoms with Gasteiger partial charge in [-0.25, -0.2) is 14.6 Å². The topological polar surface area (TPSA) is 128 Å². The Kier molecular flexibility index (Phi) is 5.13. The van der Waals surface area contributed by atoms with Crippen LogP contribution in [-0.4, -0.2) is 43.7 Å². The molecule has 0 radical (unpaired) electrons. The van der Waals surface area contributed by atoms with Gasteiger partial charge in [0, 0.05) is 30.9 Å². The number of rotatable bonds is 7. The minimum atomic E-state index is -0.455. The van der Waals surface area contributed by atoms with Crippen LogP contribution in [-0.2, 0) is 0 Å². The van der Waals surface area contributed by atoms with E-state index in [0.717, 1.165) is 0 Å². The lowest BCUT2D eigenvalue weighted by Crippen LogP contribution is -2.29. The van der Waals surface area contributed by atoms with Crippen LogP contribution >= 0.6 is 0 Å². The van der Waals surface area contributed by atoms with Crippen LogP contribution in [0.1, 0.15) is 10.4 Å². The fourth-order valence-corrected chi connectivity index (χ4v) is 2.27. The average molecular weight is 353 g/mol. The molecule has 3 rings (SSSR count). The van der Waals surface area contributed by atoms with Crippen molar-refractivity contribution in [2.75, 3.05) is 18.4 Å². The summed E-state index contributed by atoms with van der Waals surface area (Å²) in [7, 11) is 0. The fourth-order valence-electron chi connectivity index (χ4n) is 2.27. The molecule has 0 saturated heterocycles. The van der Waals surface area contributed by atoms with Gasteiger partial charge in [0.05, 0.1) is 4.92 Å². The molecule has 0 saturated carbocycles. The van der Waals surface area contributed by atoms with Gasteiger partial charge in [-0.3, -0.25) is 14.9 Å². The van der Waals surface area contributed by atoms with E-state index in [1.165, 1.54) is 29.6 Å². The summed E-state index contributed by atoms with van der Waals surface area (Å²) in [6.07, 6.45) is 4.38. The maximum Gasteiger partial charge on any atom is 0.292 e. The largest absolute Gasteiger partial charge is 0.378 e. The van der Waals surface area contributed by atoms with Gasteiger partial charge in [0.25, 0.3) is 11.6 Å². The molecule has 0 aliphatic heterocycles.